The Balaban J connectivity index is 0.000000176. The fourth-order valence-electron chi connectivity index (χ4n) is 17.7. The van der Waals surface area contributed by atoms with Crippen LogP contribution in [-0.4, -0.2) is 53.1 Å². The Labute approximate surface area is 890 Å². The van der Waals surface area contributed by atoms with Gasteiger partial charge in [-0.25, -0.2) is 13.6 Å². The third-order valence-electron chi connectivity index (χ3n) is 25.8. The molecule has 14 aromatic carbocycles. The second kappa shape index (κ2) is 55.8. The fourth-order valence-corrected chi connectivity index (χ4v) is 18.2. The molecule has 0 saturated carbocycles. The van der Waals surface area contributed by atoms with E-state index in [1.165, 1.54) is 124 Å². The number of phenols is 4. The quantitative estimate of drug-likeness (QED) is 0.0240. The monoisotopic (exact) mass is 2040 g/mol. The lowest BCUT2D eigenvalue weighted by Crippen LogP contribution is -2.10. The molecule has 14 nitrogen and oxygen atoms in total. The van der Waals surface area contributed by atoms with Crippen molar-refractivity contribution in [2.24, 2.45) is 5.92 Å². The van der Waals surface area contributed by atoms with E-state index >= 15 is 0 Å². The van der Waals surface area contributed by atoms with E-state index in [0.29, 0.717) is 79.7 Å². The Kier molecular flexibility index (Phi) is 43.5. The predicted molar refractivity (Wildman–Crippen MR) is 613 cm³/mol. The van der Waals surface area contributed by atoms with Crippen molar-refractivity contribution in [3.8, 4) is 73.7 Å². The molecule has 2 aliphatic rings. The second-order valence-electron chi connectivity index (χ2n) is 39.9. The molecule has 776 valence electrons. The molecule has 1 aliphatic carbocycles. The van der Waals surface area contributed by atoms with Crippen LogP contribution < -0.4 is 20.1 Å². The summed E-state index contributed by atoms with van der Waals surface area (Å²) >= 11 is 12.6. The fraction of sp³-hybridized carbons (Fsp3) is 0.267. The zero-order valence-corrected chi connectivity index (χ0v) is 91.4. The molecule has 6 N–H and O–H groups in total. The maximum atomic E-state index is 13.7. The molecule has 18 heteroatoms. The minimum absolute atomic E-state index is 0.0745. The lowest BCUT2D eigenvalue weighted by Gasteiger charge is -2.21. The van der Waals surface area contributed by atoms with Crippen molar-refractivity contribution in [2.45, 2.75) is 225 Å². The summed E-state index contributed by atoms with van der Waals surface area (Å²) in [5.74, 6) is 4.00. The van der Waals surface area contributed by atoms with Crippen molar-refractivity contribution in [2.75, 3.05) is 10.6 Å². The van der Waals surface area contributed by atoms with Gasteiger partial charge in [-0.3, -0.25) is 9.59 Å². The maximum Gasteiger partial charge on any atom is 0.347 e. The summed E-state index contributed by atoms with van der Waals surface area (Å²) in [6, 6.07) is 105. The van der Waals surface area contributed by atoms with E-state index in [9.17, 15) is 48.4 Å². The third kappa shape index (κ3) is 32.1. The number of aryl methyl sites for hydroxylation is 3. The Hall–Kier alpha value is -14.8. The molecule has 149 heavy (non-hydrogen) atoms. The Morgan fingerprint density at radius 3 is 1.43 bits per heavy atom. The SMILES string of the molecule is CC(=O)Oc1ccccc1C(C)C.CC(C)=O.CC(C)C1CCn2c(C(=O)c3ccccc3)ccc21.CC(C)c1cc(-c2ccc(F)cc2F)ccc1O.CC(C)c1cc(-n2c(-c3ccccc3)cc3c2CCc2ccccc2-3)ccc1O.CC(C)c1ccccc1O.CC(C)c1ccccc1OC(=O)c1ccccc1O.Cc1ccc(Cl)c(Nc2ccccc2C(C)C)c1Cl.Cc1cccc(Nc2ccccc2C(C)C)c1C. The van der Waals surface area contributed by atoms with E-state index in [-0.39, 0.29) is 52.4 Å². The maximum absolute atomic E-state index is 13.7. The molecular weight excluding hydrogens is 1900 g/mol. The molecule has 1 atom stereocenters. The van der Waals surface area contributed by atoms with Gasteiger partial charge in [0.05, 0.1) is 27.1 Å². The van der Waals surface area contributed by atoms with Crippen LogP contribution in [0.4, 0.5) is 31.5 Å². The highest BCUT2D eigenvalue weighted by Crippen LogP contribution is 2.45. The number of ether oxygens (including phenoxy) is 2. The molecular formula is C131H144Cl2F2N4O10. The first-order valence-corrected chi connectivity index (χ1v) is 51.9. The minimum Gasteiger partial charge on any atom is -0.508 e. The lowest BCUT2D eigenvalue weighted by atomic mass is 9.89. The molecule has 0 saturated heterocycles. The van der Waals surface area contributed by atoms with E-state index in [2.05, 4.69) is 238 Å². The van der Waals surface area contributed by atoms with E-state index in [0.717, 1.165) is 93.6 Å². The minimum atomic E-state index is -0.601. The summed E-state index contributed by atoms with van der Waals surface area (Å²) in [4.78, 5) is 44.8. The number of hydrogen-bond donors (Lipinski definition) is 6. The predicted octanol–water partition coefficient (Wildman–Crippen LogP) is 36.0. The number of fused-ring (bicyclic) bond motifs is 4. The van der Waals surface area contributed by atoms with E-state index in [1.54, 1.807) is 36.4 Å². The second-order valence-corrected chi connectivity index (χ2v) is 40.7. The first kappa shape index (κ1) is 116. The first-order chi connectivity index (χ1) is 71.0. The molecule has 0 radical (unpaired) electrons. The van der Waals surface area contributed by atoms with Gasteiger partial charge in [-0.15, -0.1) is 0 Å². The van der Waals surface area contributed by atoms with Gasteiger partial charge in [-0.1, -0.05) is 346 Å². The number of halogens is 4. The van der Waals surface area contributed by atoms with Crippen LogP contribution in [0, 0.1) is 38.3 Å². The van der Waals surface area contributed by atoms with Crippen molar-refractivity contribution >= 4 is 69.5 Å². The molecule has 0 fully saturated rings. The number of ketones is 2. The van der Waals surface area contributed by atoms with Crippen molar-refractivity contribution in [3.63, 3.8) is 0 Å². The van der Waals surface area contributed by atoms with Gasteiger partial charge in [-0.2, -0.15) is 0 Å². The summed E-state index contributed by atoms with van der Waals surface area (Å²) < 4.78 is 41.6. The van der Waals surface area contributed by atoms with Gasteiger partial charge < -0.3 is 54.5 Å². The number of Topliss-reactive ketones (excluding diaryl/α,β-unsaturated/α-hetero) is 1. The van der Waals surface area contributed by atoms with Crippen molar-refractivity contribution in [1.82, 2.24) is 9.13 Å². The smallest absolute Gasteiger partial charge is 0.347 e. The average Bonchev–Trinajstić information content (AvgIpc) is 1.59. The highest BCUT2D eigenvalue weighted by Gasteiger charge is 2.31. The summed E-state index contributed by atoms with van der Waals surface area (Å²) in [5.41, 5.74) is 28.3. The van der Waals surface area contributed by atoms with Gasteiger partial charge in [0.25, 0.3) is 0 Å². The average molecular weight is 2040 g/mol. The highest BCUT2D eigenvalue weighted by atomic mass is 35.5. The zero-order valence-electron chi connectivity index (χ0n) is 89.9. The van der Waals surface area contributed by atoms with Crippen LogP contribution >= 0.6 is 23.2 Å². The van der Waals surface area contributed by atoms with Gasteiger partial charge in [0.15, 0.2) is 0 Å². The van der Waals surface area contributed by atoms with Crippen molar-refractivity contribution < 1.29 is 57.9 Å². The molecule has 0 amide bonds. The first-order valence-electron chi connectivity index (χ1n) is 51.2. The zero-order chi connectivity index (χ0) is 109. The summed E-state index contributed by atoms with van der Waals surface area (Å²) in [6.45, 7) is 45.5. The summed E-state index contributed by atoms with van der Waals surface area (Å²) in [7, 11) is 0. The molecule has 1 unspecified atom stereocenters. The molecule has 18 rings (SSSR count). The number of phenolic OH excluding ortho intramolecular Hbond substituents is 4. The number of esters is 2. The van der Waals surface area contributed by atoms with E-state index in [1.807, 2.05) is 174 Å². The molecule has 16 aromatic rings. The number of para-hydroxylation sites is 6. The number of nitrogens with one attached hydrogen (secondary N) is 2. The largest absolute Gasteiger partial charge is 0.508 e. The Morgan fingerprint density at radius 1 is 0.396 bits per heavy atom. The number of carbonyl (C=O) groups excluding carboxylic acids is 4. The summed E-state index contributed by atoms with van der Waals surface area (Å²) in [5, 5.41) is 47.2. The number of rotatable bonds is 20. The number of aromatic hydroxyl groups is 4. The van der Waals surface area contributed by atoms with Crippen molar-refractivity contribution in [3.05, 3.63) is 445 Å². The normalized spacial score (nSPS) is 11.8. The highest BCUT2D eigenvalue weighted by molar-refractivity contribution is 6.39. The number of anilines is 4. The van der Waals surface area contributed by atoms with Gasteiger partial charge in [0.2, 0.25) is 5.78 Å². The molecule has 1 aliphatic heterocycles. The van der Waals surface area contributed by atoms with Crippen LogP contribution in [0.2, 0.25) is 10.0 Å². The van der Waals surface area contributed by atoms with Gasteiger partial charge in [0, 0.05) is 76.3 Å². The van der Waals surface area contributed by atoms with Crippen LogP contribution in [0.15, 0.2) is 334 Å². The standard InChI is InChI=1S/C27H25NO.C17H19NO.C17H21N.C16H17Cl2N.C16H16O3.C15H14F2O.C11H14O2.C9H12O.C3H6O/c1-18(2)23-16-21(13-15-27(23)29)28-25-14-12-19-8-6-7-11-22(19)24(25)17-26(28)20-9-4-3-5-10-20;1-12(2)14-10-11-18-15(14)8-9-16(18)17(19)13-6-4-3-5-7-13;1-12(2)15-9-5-6-10-17(15)18-16-11-7-8-13(3)14(16)4;1-10(2)12-6-4-5-7-14(12)19-16-13(17)9-8-11(3)15(16)18;1-11(2)12-7-4-6-10-15(12)19-16(18)13-8-3-5-9-14(13)17;1-9(2)13-7-10(3-6-15(13)18)12-5-4-11(16)8-14(12)17;1-8(2)10-6-4-5-7-11(10)13-9(3)12;1-7(2)8-5-3-4-6-9(8)10;1-3(2)4/h3-11,13,15-18,29H,12,14H2,1-2H3;3-9,12,14H,10-11H2,1-2H3;5-12,18H,1-4H3;4-10,19H,1-3H3;3-11,17H,1-2H3;3-9,18H,1-2H3;4-8H,1-3H3;3-7,10H,1-2H3;1-2H3. The Bertz CT molecular complexity index is 7150. The van der Waals surface area contributed by atoms with Crippen LogP contribution in [-0.2, 0) is 29.0 Å². The number of benzene rings is 14. The molecule has 0 spiro atoms. The van der Waals surface area contributed by atoms with Crippen molar-refractivity contribution in [1.29, 1.82) is 0 Å². The van der Waals surface area contributed by atoms with E-state index < -0.39 is 17.6 Å². The molecule has 2 aromatic heterocycles. The van der Waals surface area contributed by atoms with E-state index in [4.69, 9.17) is 32.7 Å². The van der Waals surface area contributed by atoms with Crippen LogP contribution in [0.5, 0.6) is 34.5 Å². The number of carbonyl (C=O) groups is 4. The number of hydrogen-bond acceptors (Lipinski definition) is 12. The topological polar surface area (TPSA) is 202 Å². The third-order valence-corrected chi connectivity index (χ3v) is 26.6. The van der Waals surface area contributed by atoms with Crippen LogP contribution in [0.3, 0.4) is 0 Å². The number of nitrogens with zero attached hydrogens (tertiary/aromatic N) is 2. The van der Waals surface area contributed by atoms with Gasteiger partial charge in [-0.05, 0) is 294 Å². The van der Waals surface area contributed by atoms with Gasteiger partial charge >= 0.3 is 11.9 Å². The van der Waals surface area contributed by atoms with Crippen LogP contribution in [0.1, 0.15) is 284 Å². The lowest BCUT2D eigenvalue weighted by molar-refractivity contribution is -0.132. The Morgan fingerprint density at radius 2 is 0.879 bits per heavy atom. The van der Waals surface area contributed by atoms with Gasteiger partial charge in [0.1, 0.15) is 57.5 Å². The molecule has 3 heterocycles. The van der Waals surface area contributed by atoms with Crippen LogP contribution in [0.25, 0.3) is 39.2 Å². The molecule has 0 bridgehead atoms. The number of aromatic nitrogens is 2. The summed E-state index contributed by atoms with van der Waals surface area (Å²) in [6.07, 6.45) is 3.22.